The molecule has 8 N–H and O–H groups in total. The smallest absolute Gasteiger partial charge is 0.251 e. The Kier molecular flexibility index (Phi) is 7.07. The van der Waals surface area contributed by atoms with Crippen molar-refractivity contribution in [2.75, 3.05) is 26.0 Å². The summed E-state index contributed by atoms with van der Waals surface area (Å²) >= 11 is 1.25. The van der Waals surface area contributed by atoms with Gasteiger partial charge in [0.05, 0.1) is 24.0 Å². The molecule has 0 saturated heterocycles. The van der Waals surface area contributed by atoms with Crippen molar-refractivity contribution in [2.45, 2.75) is 30.9 Å². The summed E-state index contributed by atoms with van der Waals surface area (Å²) in [5, 5.41) is 20.4. The predicted octanol–water partition coefficient (Wildman–Crippen LogP) is 2.80. The molecule has 224 valence electrons. The Morgan fingerprint density at radius 1 is 1.33 bits per heavy atom. The van der Waals surface area contributed by atoms with Crippen molar-refractivity contribution in [1.29, 1.82) is 0 Å². The van der Waals surface area contributed by atoms with E-state index in [0.29, 0.717) is 54.9 Å². The number of hydrazine groups is 1. The van der Waals surface area contributed by atoms with Gasteiger partial charge in [0.15, 0.2) is 10.9 Å². The number of methoxy groups -OCH3 is 1. The molecule has 0 radical (unpaired) electrons. The summed E-state index contributed by atoms with van der Waals surface area (Å²) in [7, 11) is 1.50. The molecule has 1 aliphatic carbocycles. The van der Waals surface area contributed by atoms with Crippen LogP contribution in [-0.4, -0.2) is 52.6 Å². The molecule has 14 heteroatoms. The molecule has 1 aliphatic heterocycles. The number of ether oxygens (including phenoxy) is 2. The Bertz CT molecular complexity index is 1740. The topological polar surface area (TPSA) is 187 Å². The average molecular weight is 607 g/mol. The number of benzene rings is 2. The van der Waals surface area contributed by atoms with Gasteiger partial charge in [-0.15, -0.1) is 0 Å². The molecule has 0 bridgehead atoms. The molecular formula is C29H31FN8O4S. The van der Waals surface area contributed by atoms with E-state index in [1.54, 1.807) is 30.3 Å². The number of fused-ring (bicyclic) bond motifs is 2. The van der Waals surface area contributed by atoms with Crippen molar-refractivity contribution in [3.8, 4) is 22.8 Å². The molecule has 2 aromatic heterocycles. The third-order valence-electron chi connectivity index (χ3n) is 8.10. The van der Waals surface area contributed by atoms with Crippen LogP contribution >= 0.6 is 11.3 Å². The number of amides is 1. The lowest BCUT2D eigenvalue weighted by Crippen LogP contribution is -2.49. The van der Waals surface area contributed by atoms with Gasteiger partial charge in [0.1, 0.15) is 46.9 Å². The van der Waals surface area contributed by atoms with E-state index in [4.69, 9.17) is 31.9 Å². The summed E-state index contributed by atoms with van der Waals surface area (Å²) in [5.41, 5.74) is 6.30. The largest absolute Gasteiger partial charge is 0.494 e. The van der Waals surface area contributed by atoms with Crippen LogP contribution in [-0.2, 0) is 11.1 Å². The van der Waals surface area contributed by atoms with Crippen molar-refractivity contribution >= 4 is 38.9 Å². The summed E-state index contributed by atoms with van der Waals surface area (Å²) in [6, 6.07) is 10.9. The highest BCUT2D eigenvalue weighted by molar-refractivity contribution is 7.22. The van der Waals surface area contributed by atoms with Gasteiger partial charge < -0.3 is 31.5 Å². The van der Waals surface area contributed by atoms with Crippen molar-refractivity contribution in [3.63, 3.8) is 0 Å². The zero-order chi connectivity index (χ0) is 30.5. The molecule has 12 nitrogen and oxygen atoms in total. The highest BCUT2D eigenvalue weighted by atomic mass is 32.1. The SMILES string of the molecule is COc1cc(C(=O)NC[C@](O)(c2cc3c(c(-c4ccc(F)cc4)n2)OC[C@]3(C)N(N)/C=N\N)C2CC2)cc2sc(N)nc12. The monoisotopic (exact) mass is 606 g/mol. The molecule has 0 spiro atoms. The van der Waals surface area contributed by atoms with E-state index in [2.05, 4.69) is 15.4 Å². The van der Waals surface area contributed by atoms with Crippen molar-refractivity contribution in [1.82, 2.24) is 20.3 Å². The third kappa shape index (κ3) is 4.96. The minimum Gasteiger partial charge on any atom is -0.494 e. The second-order valence-corrected chi connectivity index (χ2v) is 12.0. The molecule has 2 aromatic carbocycles. The Hall–Kier alpha value is -4.53. The maximum absolute atomic E-state index is 13.8. The highest BCUT2D eigenvalue weighted by Gasteiger charge is 2.49. The summed E-state index contributed by atoms with van der Waals surface area (Å²) in [6.45, 7) is 1.88. The number of carbonyl (C=O) groups is 1. The Morgan fingerprint density at radius 3 is 2.74 bits per heavy atom. The number of aliphatic hydroxyl groups is 1. The first-order valence-corrected chi connectivity index (χ1v) is 14.4. The lowest BCUT2D eigenvalue weighted by molar-refractivity contribution is 0.00939. The number of anilines is 1. The van der Waals surface area contributed by atoms with Gasteiger partial charge in [-0.05, 0) is 68.1 Å². The molecule has 3 heterocycles. The van der Waals surface area contributed by atoms with Crippen molar-refractivity contribution in [2.24, 2.45) is 22.7 Å². The van der Waals surface area contributed by atoms with E-state index in [0.717, 1.165) is 12.8 Å². The van der Waals surface area contributed by atoms with Gasteiger partial charge in [-0.2, -0.15) is 5.10 Å². The van der Waals surface area contributed by atoms with E-state index in [1.807, 2.05) is 6.92 Å². The molecule has 0 unspecified atom stereocenters. The number of aromatic nitrogens is 2. The van der Waals surface area contributed by atoms with Crippen molar-refractivity contribution in [3.05, 3.63) is 65.1 Å². The number of halogens is 1. The maximum atomic E-state index is 13.8. The Balaban J connectivity index is 1.40. The number of hydrogen-bond acceptors (Lipinski definition) is 11. The molecule has 4 aromatic rings. The maximum Gasteiger partial charge on any atom is 0.251 e. The fraction of sp³-hybridized carbons (Fsp3) is 0.310. The minimum atomic E-state index is -1.53. The van der Waals surface area contributed by atoms with Crippen LogP contribution in [0.3, 0.4) is 0 Å². The molecular weight excluding hydrogens is 575 g/mol. The van der Waals surface area contributed by atoms with Gasteiger partial charge in [0, 0.05) is 16.7 Å². The summed E-state index contributed by atoms with van der Waals surface area (Å²) in [6.07, 6.45) is 2.77. The van der Waals surface area contributed by atoms with E-state index >= 15 is 0 Å². The van der Waals surface area contributed by atoms with Gasteiger partial charge in [-0.3, -0.25) is 9.80 Å². The summed E-state index contributed by atoms with van der Waals surface area (Å²) < 4.78 is 26.1. The molecule has 2 atom stereocenters. The van der Waals surface area contributed by atoms with Gasteiger partial charge in [0.25, 0.3) is 5.91 Å². The second-order valence-electron chi connectivity index (χ2n) is 10.9. The molecule has 1 amide bonds. The minimum absolute atomic E-state index is 0.121. The number of nitrogens with zero attached hydrogens (tertiary/aromatic N) is 4. The van der Waals surface area contributed by atoms with Gasteiger partial charge in [0.2, 0.25) is 0 Å². The Labute approximate surface area is 250 Å². The number of nitrogens with two attached hydrogens (primary N) is 3. The predicted molar refractivity (Wildman–Crippen MR) is 161 cm³/mol. The van der Waals surface area contributed by atoms with Crippen LogP contribution in [0.5, 0.6) is 11.5 Å². The van der Waals surface area contributed by atoms with Crippen molar-refractivity contribution < 1.29 is 23.8 Å². The van der Waals surface area contributed by atoms with E-state index in [1.165, 1.54) is 41.9 Å². The first kappa shape index (κ1) is 28.6. The normalized spacial score (nSPS) is 19.2. The van der Waals surface area contributed by atoms with Crippen LogP contribution in [0.25, 0.3) is 21.5 Å². The third-order valence-corrected chi connectivity index (χ3v) is 8.93. The second kappa shape index (κ2) is 10.6. The van der Waals surface area contributed by atoms with E-state index in [-0.39, 0.29) is 19.1 Å². The molecule has 6 rings (SSSR count). The molecule has 1 saturated carbocycles. The van der Waals surface area contributed by atoms with Crippen LogP contribution in [0.15, 0.2) is 47.6 Å². The first-order chi connectivity index (χ1) is 20.6. The van der Waals surface area contributed by atoms with Gasteiger partial charge >= 0.3 is 0 Å². The lowest BCUT2D eigenvalue weighted by Gasteiger charge is -2.33. The highest BCUT2D eigenvalue weighted by Crippen LogP contribution is 2.50. The number of pyridine rings is 1. The van der Waals surface area contributed by atoms with E-state index < -0.39 is 22.9 Å². The standard InChI is InChI=1S/C29H31FN8O4S/c1-28(38(33)14-35-32)13-42-25-19(28)11-22(36-23(25)15-3-7-18(30)8-4-15)29(40,17-5-6-17)12-34-26(39)16-9-20(41-2)24-21(10-16)43-27(31)37-24/h3-4,7-11,14,17,40H,5-6,12-13,32-33H2,1-2H3,(H2,31,37)(H,34,39)/b35-14-/t28-,29+/m0/s1. The number of hydrogen-bond donors (Lipinski definition) is 5. The van der Waals surface area contributed by atoms with Crippen LogP contribution < -0.4 is 32.2 Å². The quantitative estimate of drug-likeness (QED) is 0.0820. The first-order valence-electron chi connectivity index (χ1n) is 13.5. The van der Waals surface area contributed by atoms with Crippen LogP contribution in [0, 0.1) is 11.7 Å². The fourth-order valence-corrected chi connectivity index (χ4v) is 6.22. The number of nitrogens with one attached hydrogen (secondary N) is 1. The molecule has 43 heavy (non-hydrogen) atoms. The van der Waals surface area contributed by atoms with Gasteiger partial charge in [-0.1, -0.05) is 11.3 Å². The molecule has 1 fully saturated rings. The summed E-state index contributed by atoms with van der Waals surface area (Å²) in [4.78, 5) is 22.5. The number of carbonyl (C=O) groups excluding carboxylic acids is 1. The van der Waals surface area contributed by atoms with E-state index in [9.17, 15) is 14.3 Å². The molecule has 2 aliphatic rings. The van der Waals surface area contributed by atoms with Gasteiger partial charge in [-0.25, -0.2) is 20.2 Å². The number of hydrazone groups is 1. The zero-order valence-electron chi connectivity index (χ0n) is 23.5. The average Bonchev–Trinajstić information content (AvgIpc) is 3.71. The van der Waals surface area contributed by atoms with Crippen LogP contribution in [0.4, 0.5) is 9.52 Å². The lowest BCUT2D eigenvalue weighted by atomic mass is 9.86. The van der Waals surface area contributed by atoms with Crippen LogP contribution in [0.2, 0.25) is 0 Å². The number of rotatable bonds is 9. The summed E-state index contributed by atoms with van der Waals surface area (Å²) in [5.74, 6) is 11.6. The van der Waals surface area contributed by atoms with Crippen LogP contribution in [0.1, 0.15) is 41.4 Å². The number of thiazole rings is 1. The fourth-order valence-electron chi connectivity index (χ4n) is 5.43. The Morgan fingerprint density at radius 2 is 2.07 bits per heavy atom. The number of nitrogen functional groups attached to an aromatic ring is 1. The zero-order valence-corrected chi connectivity index (χ0v) is 24.3.